The van der Waals surface area contributed by atoms with E-state index < -0.39 is 0 Å². The molecule has 1 aliphatic heterocycles. The Labute approximate surface area is 180 Å². The quantitative estimate of drug-likeness (QED) is 0.641. The third kappa shape index (κ3) is 5.03. The van der Waals surface area contributed by atoms with Gasteiger partial charge < -0.3 is 5.32 Å². The summed E-state index contributed by atoms with van der Waals surface area (Å²) in [6.45, 7) is 2.47. The van der Waals surface area contributed by atoms with E-state index in [0.29, 0.717) is 6.54 Å². The van der Waals surface area contributed by atoms with Crippen LogP contribution in [0.25, 0.3) is 5.69 Å². The fourth-order valence-corrected chi connectivity index (χ4v) is 3.47. The molecule has 0 radical (unpaired) electrons. The average molecular weight is 416 g/mol. The van der Waals surface area contributed by atoms with Crippen LogP contribution in [0.1, 0.15) is 43.4 Å². The first-order valence-corrected chi connectivity index (χ1v) is 10.3. The van der Waals surface area contributed by atoms with Gasteiger partial charge in [0.2, 0.25) is 11.8 Å². The summed E-state index contributed by atoms with van der Waals surface area (Å²) in [6.07, 6.45) is 4.10. The van der Waals surface area contributed by atoms with Crippen LogP contribution in [-0.2, 0) is 9.59 Å². The molecule has 1 atom stereocenters. The van der Waals surface area contributed by atoms with E-state index in [1.54, 1.807) is 11.0 Å². The van der Waals surface area contributed by atoms with E-state index in [1.807, 2.05) is 61.5 Å². The Hall–Kier alpha value is -3.81. The van der Waals surface area contributed by atoms with Gasteiger partial charge in [0.15, 0.2) is 0 Å². The molecule has 1 N–H and O–H groups in total. The molecule has 0 bridgehead atoms. The predicted molar refractivity (Wildman–Crippen MR) is 116 cm³/mol. The van der Waals surface area contributed by atoms with Crippen molar-refractivity contribution in [1.82, 2.24) is 25.1 Å². The van der Waals surface area contributed by atoms with Gasteiger partial charge in [-0.2, -0.15) is 10.2 Å². The van der Waals surface area contributed by atoms with Crippen molar-refractivity contribution in [3.8, 4) is 5.69 Å². The zero-order chi connectivity index (χ0) is 21.6. The number of hydrogen-bond acceptors (Lipinski definition) is 5. The molecule has 1 aliphatic rings. The summed E-state index contributed by atoms with van der Waals surface area (Å²) >= 11 is 0. The maximum atomic E-state index is 12.5. The fraction of sp³-hybridized carbons (Fsp3) is 0.261. The lowest BCUT2D eigenvalue weighted by atomic mass is 10.1. The van der Waals surface area contributed by atoms with Gasteiger partial charge in [-0.25, -0.2) is 14.7 Å². The van der Waals surface area contributed by atoms with Crippen molar-refractivity contribution in [3.63, 3.8) is 0 Å². The summed E-state index contributed by atoms with van der Waals surface area (Å²) < 4.78 is 1.67. The summed E-state index contributed by atoms with van der Waals surface area (Å²) in [5.41, 5.74) is 3.80. The second-order valence-corrected chi connectivity index (χ2v) is 7.40. The number of amides is 2. The van der Waals surface area contributed by atoms with Crippen LogP contribution in [0.15, 0.2) is 72.4 Å². The van der Waals surface area contributed by atoms with Gasteiger partial charge in [-0.05, 0) is 30.2 Å². The van der Waals surface area contributed by atoms with Crippen LogP contribution in [0.4, 0.5) is 0 Å². The van der Waals surface area contributed by atoms with Crippen molar-refractivity contribution < 1.29 is 9.59 Å². The summed E-state index contributed by atoms with van der Waals surface area (Å²) in [4.78, 5) is 28.7. The molecule has 2 heterocycles. The van der Waals surface area contributed by atoms with Gasteiger partial charge in [-0.1, -0.05) is 42.5 Å². The monoisotopic (exact) mass is 416 g/mol. The van der Waals surface area contributed by atoms with E-state index in [-0.39, 0.29) is 30.7 Å². The number of carbonyl (C=O) groups excluding carboxylic acids is 2. The molecule has 0 saturated carbocycles. The lowest BCUT2D eigenvalue weighted by molar-refractivity contribution is -0.133. The summed E-state index contributed by atoms with van der Waals surface area (Å²) in [7, 11) is 0. The molecule has 1 unspecified atom stereocenters. The zero-order valence-corrected chi connectivity index (χ0v) is 17.3. The van der Waals surface area contributed by atoms with E-state index in [2.05, 4.69) is 20.5 Å². The average Bonchev–Trinajstić information content (AvgIpc) is 3.51. The molecule has 8 nitrogen and oxygen atoms in total. The van der Waals surface area contributed by atoms with Crippen LogP contribution >= 0.6 is 0 Å². The number of carbonyl (C=O) groups is 2. The first kappa shape index (κ1) is 20.5. The predicted octanol–water partition coefficient (Wildman–Crippen LogP) is 2.86. The van der Waals surface area contributed by atoms with Crippen molar-refractivity contribution in [2.24, 2.45) is 5.10 Å². The maximum absolute atomic E-state index is 12.5. The number of aromatic nitrogens is 3. The largest absolute Gasteiger partial charge is 0.350 e. The zero-order valence-electron chi connectivity index (χ0n) is 17.3. The molecule has 0 spiro atoms. The Morgan fingerprint density at radius 3 is 2.55 bits per heavy atom. The lowest BCUT2D eigenvalue weighted by Crippen LogP contribution is -2.29. The fourth-order valence-electron chi connectivity index (χ4n) is 3.47. The topological polar surface area (TPSA) is 92.5 Å². The van der Waals surface area contributed by atoms with Gasteiger partial charge in [0, 0.05) is 19.3 Å². The Morgan fingerprint density at radius 1 is 1.06 bits per heavy atom. The number of nitrogens with zero attached hydrogens (tertiary/aromatic N) is 5. The minimum Gasteiger partial charge on any atom is -0.350 e. The van der Waals surface area contributed by atoms with Crippen LogP contribution in [0.3, 0.4) is 0 Å². The molecule has 1 aromatic heterocycles. The maximum Gasteiger partial charge on any atom is 0.243 e. The smallest absolute Gasteiger partial charge is 0.243 e. The Balaban J connectivity index is 1.26. The minimum atomic E-state index is -0.165. The van der Waals surface area contributed by atoms with Crippen LogP contribution in [0.2, 0.25) is 0 Å². The third-order valence-corrected chi connectivity index (χ3v) is 5.22. The standard InChI is InChI=1S/C23H24N6O2/c1-17(18-7-9-20(10-8-18)29-16-24-15-25-29)26-22(30)11-12-23(31)28-14-13-21(27-28)19-5-3-2-4-6-19/h2-10,15-17H,11-14H2,1H3,(H,26,30). The molecule has 4 rings (SSSR count). The molecule has 3 aromatic rings. The molecular weight excluding hydrogens is 392 g/mol. The molecule has 158 valence electrons. The van der Waals surface area contributed by atoms with Crippen LogP contribution in [0.5, 0.6) is 0 Å². The molecule has 0 aliphatic carbocycles. The van der Waals surface area contributed by atoms with Gasteiger partial charge in [0.1, 0.15) is 12.7 Å². The number of benzene rings is 2. The van der Waals surface area contributed by atoms with Crippen molar-refractivity contribution in [2.45, 2.75) is 32.2 Å². The summed E-state index contributed by atoms with van der Waals surface area (Å²) in [5, 5.41) is 13.0. The number of hydrazone groups is 1. The van der Waals surface area contributed by atoms with E-state index in [9.17, 15) is 9.59 Å². The molecule has 2 amide bonds. The van der Waals surface area contributed by atoms with Gasteiger partial charge >= 0.3 is 0 Å². The van der Waals surface area contributed by atoms with Crippen LogP contribution < -0.4 is 5.32 Å². The van der Waals surface area contributed by atoms with Gasteiger partial charge in [0.25, 0.3) is 0 Å². The summed E-state index contributed by atoms with van der Waals surface area (Å²) in [5.74, 6) is -0.293. The molecule has 0 saturated heterocycles. The third-order valence-electron chi connectivity index (χ3n) is 5.22. The molecule has 31 heavy (non-hydrogen) atoms. The minimum absolute atomic E-state index is 0.132. The van der Waals surface area contributed by atoms with E-state index >= 15 is 0 Å². The highest BCUT2D eigenvalue weighted by molar-refractivity contribution is 6.02. The SMILES string of the molecule is CC(NC(=O)CCC(=O)N1CCC(c2ccccc2)=N1)c1ccc(-n2cncn2)cc1. The van der Waals surface area contributed by atoms with E-state index in [0.717, 1.165) is 28.9 Å². The van der Waals surface area contributed by atoms with E-state index in [4.69, 9.17) is 0 Å². The van der Waals surface area contributed by atoms with Gasteiger partial charge in [-0.3, -0.25) is 9.59 Å². The van der Waals surface area contributed by atoms with Gasteiger partial charge in [-0.15, -0.1) is 0 Å². The molecule has 2 aromatic carbocycles. The number of rotatable bonds is 7. The number of nitrogens with one attached hydrogen (secondary N) is 1. The van der Waals surface area contributed by atoms with Gasteiger partial charge in [0.05, 0.1) is 24.0 Å². The number of hydrogen-bond donors (Lipinski definition) is 1. The molecular formula is C23H24N6O2. The lowest BCUT2D eigenvalue weighted by Gasteiger charge is -2.16. The van der Waals surface area contributed by atoms with Crippen LogP contribution in [-0.4, -0.2) is 43.8 Å². The Kier molecular flexibility index (Phi) is 6.16. The van der Waals surface area contributed by atoms with E-state index in [1.165, 1.54) is 11.3 Å². The van der Waals surface area contributed by atoms with Crippen molar-refractivity contribution in [3.05, 3.63) is 78.4 Å². The molecule has 0 fully saturated rings. The Bertz CT molecular complexity index is 1060. The highest BCUT2D eigenvalue weighted by Crippen LogP contribution is 2.17. The highest BCUT2D eigenvalue weighted by Gasteiger charge is 2.22. The highest BCUT2D eigenvalue weighted by atomic mass is 16.2. The first-order valence-electron chi connectivity index (χ1n) is 10.3. The van der Waals surface area contributed by atoms with Crippen molar-refractivity contribution >= 4 is 17.5 Å². The first-order chi connectivity index (χ1) is 15.1. The summed E-state index contributed by atoms with van der Waals surface area (Å²) in [6, 6.07) is 17.4. The second-order valence-electron chi connectivity index (χ2n) is 7.40. The normalized spacial score (nSPS) is 14.2. The Morgan fingerprint density at radius 2 is 1.84 bits per heavy atom. The molecule has 8 heteroatoms. The van der Waals surface area contributed by atoms with Crippen LogP contribution in [0, 0.1) is 0 Å². The second kappa shape index (κ2) is 9.34. The van der Waals surface area contributed by atoms with Crippen molar-refractivity contribution in [1.29, 1.82) is 0 Å². The van der Waals surface area contributed by atoms with Crippen molar-refractivity contribution in [2.75, 3.05) is 6.54 Å².